The first-order valence-electron chi connectivity index (χ1n) is 5.88. The number of hydrogen-bond donors (Lipinski definition) is 1. The SMILES string of the molecule is Cn1c(=O)oc2cc(CNCCCC#N)ccc21. The summed E-state index contributed by atoms with van der Waals surface area (Å²) < 4.78 is 6.61. The number of unbranched alkanes of at least 4 members (excludes halogenated alkanes) is 1. The fraction of sp³-hybridized carbons (Fsp3) is 0.385. The Morgan fingerprint density at radius 3 is 3.11 bits per heavy atom. The molecule has 0 atom stereocenters. The van der Waals surface area contributed by atoms with Gasteiger partial charge in [0.15, 0.2) is 5.58 Å². The molecule has 1 aromatic carbocycles. The number of nitrogens with zero attached hydrogens (tertiary/aromatic N) is 2. The molecule has 94 valence electrons. The van der Waals surface area contributed by atoms with E-state index >= 15 is 0 Å². The predicted molar refractivity (Wildman–Crippen MR) is 68.0 cm³/mol. The first kappa shape index (κ1) is 12.4. The van der Waals surface area contributed by atoms with Crippen molar-refractivity contribution in [3.63, 3.8) is 0 Å². The van der Waals surface area contributed by atoms with Crippen molar-refractivity contribution < 1.29 is 4.42 Å². The molecule has 2 rings (SSSR count). The lowest BCUT2D eigenvalue weighted by Gasteiger charge is -2.03. The van der Waals surface area contributed by atoms with Crippen LogP contribution in [-0.2, 0) is 13.6 Å². The summed E-state index contributed by atoms with van der Waals surface area (Å²) in [6.45, 7) is 1.52. The van der Waals surface area contributed by atoms with Crippen molar-refractivity contribution in [2.45, 2.75) is 19.4 Å². The summed E-state index contributed by atoms with van der Waals surface area (Å²) in [5, 5.41) is 11.7. The summed E-state index contributed by atoms with van der Waals surface area (Å²) in [5.74, 6) is -0.343. The second-order valence-corrected chi connectivity index (χ2v) is 4.17. The minimum absolute atomic E-state index is 0.343. The molecule has 0 bridgehead atoms. The van der Waals surface area contributed by atoms with Crippen LogP contribution in [0.15, 0.2) is 27.4 Å². The molecule has 0 amide bonds. The third kappa shape index (κ3) is 2.60. The molecule has 2 aromatic rings. The van der Waals surface area contributed by atoms with Crippen molar-refractivity contribution in [2.75, 3.05) is 6.54 Å². The normalized spacial score (nSPS) is 10.7. The summed E-state index contributed by atoms with van der Waals surface area (Å²) in [6, 6.07) is 7.82. The molecular weight excluding hydrogens is 230 g/mol. The fourth-order valence-electron chi connectivity index (χ4n) is 1.81. The number of rotatable bonds is 5. The van der Waals surface area contributed by atoms with Crippen molar-refractivity contribution in [2.24, 2.45) is 7.05 Å². The average molecular weight is 245 g/mol. The van der Waals surface area contributed by atoms with Crippen LogP contribution in [0, 0.1) is 11.3 Å². The quantitative estimate of drug-likeness (QED) is 0.811. The van der Waals surface area contributed by atoms with Crippen molar-refractivity contribution in [3.8, 4) is 6.07 Å². The number of benzene rings is 1. The van der Waals surface area contributed by atoms with Crippen LogP contribution in [-0.4, -0.2) is 11.1 Å². The summed E-state index contributed by atoms with van der Waals surface area (Å²) in [5.41, 5.74) is 2.47. The second kappa shape index (κ2) is 5.52. The number of hydrogen-bond acceptors (Lipinski definition) is 4. The Kier molecular flexibility index (Phi) is 3.80. The van der Waals surface area contributed by atoms with Crippen LogP contribution in [0.3, 0.4) is 0 Å². The Labute approximate surface area is 105 Å². The van der Waals surface area contributed by atoms with Crippen LogP contribution in [0.4, 0.5) is 0 Å². The van der Waals surface area contributed by atoms with E-state index in [-0.39, 0.29) is 5.76 Å². The van der Waals surface area contributed by atoms with E-state index in [1.165, 1.54) is 4.57 Å². The molecule has 18 heavy (non-hydrogen) atoms. The maximum absolute atomic E-state index is 11.3. The summed E-state index contributed by atoms with van der Waals surface area (Å²) in [4.78, 5) is 11.3. The van der Waals surface area contributed by atoms with Crippen LogP contribution in [0.25, 0.3) is 11.1 Å². The zero-order valence-electron chi connectivity index (χ0n) is 10.3. The van der Waals surface area contributed by atoms with Crippen molar-refractivity contribution in [1.82, 2.24) is 9.88 Å². The van der Waals surface area contributed by atoms with Gasteiger partial charge in [-0.2, -0.15) is 5.26 Å². The van der Waals surface area contributed by atoms with Crippen LogP contribution in [0.5, 0.6) is 0 Å². The number of oxazole rings is 1. The highest BCUT2D eigenvalue weighted by Gasteiger charge is 2.05. The molecule has 0 spiro atoms. The lowest BCUT2D eigenvalue weighted by Crippen LogP contribution is -2.14. The molecule has 0 radical (unpaired) electrons. The van der Waals surface area contributed by atoms with Gasteiger partial charge in [0.25, 0.3) is 0 Å². The maximum Gasteiger partial charge on any atom is 0.419 e. The second-order valence-electron chi connectivity index (χ2n) is 4.17. The minimum Gasteiger partial charge on any atom is -0.408 e. The number of nitrogens with one attached hydrogen (secondary N) is 1. The molecule has 1 heterocycles. The largest absolute Gasteiger partial charge is 0.419 e. The van der Waals surface area contributed by atoms with Crippen molar-refractivity contribution >= 4 is 11.1 Å². The van der Waals surface area contributed by atoms with E-state index in [4.69, 9.17) is 9.68 Å². The zero-order chi connectivity index (χ0) is 13.0. The van der Waals surface area contributed by atoms with Crippen molar-refractivity contribution in [1.29, 1.82) is 5.26 Å². The molecule has 0 fully saturated rings. The summed E-state index contributed by atoms with van der Waals surface area (Å²) >= 11 is 0. The third-order valence-electron chi connectivity index (χ3n) is 2.83. The highest BCUT2D eigenvalue weighted by Crippen LogP contribution is 2.14. The van der Waals surface area contributed by atoms with Gasteiger partial charge >= 0.3 is 5.76 Å². The van der Waals surface area contributed by atoms with Crippen molar-refractivity contribution in [3.05, 3.63) is 34.3 Å². The molecule has 0 aliphatic heterocycles. The fourth-order valence-corrected chi connectivity index (χ4v) is 1.81. The minimum atomic E-state index is -0.343. The Balaban J connectivity index is 2.02. The van der Waals surface area contributed by atoms with Gasteiger partial charge in [0.2, 0.25) is 0 Å². The van der Waals surface area contributed by atoms with Gasteiger partial charge in [-0.05, 0) is 30.7 Å². The molecule has 5 heteroatoms. The lowest BCUT2D eigenvalue weighted by molar-refractivity contribution is 0.527. The monoisotopic (exact) mass is 245 g/mol. The predicted octanol–water partition coefficient (Wildman–Crippen LogP) is 1.52. The topological polar surface area (TPSA) is 71.0 Å². The number of aromatic nitrogens is 1. The van der Waals surface area contributed by atoms with E-state index < -0.39 is 0 Å². The van der Waals surface area contributed by atoms with Crippen LogP contribution >= 0.6 is 0 Å². The van der Waals surface area contributed by atoms with E-state index in [0.29, 0.717) is 18.5 Å². The van der Waals surface area contributed by atoms with E-state index in [2.05, 4.69) is 11.4 Å². The number of fused-ring (bicyclic) bond motifs is 1. The van der Waals surface area contributed by atoms with Gasteiger partial charge in [-0.1, -0.05) is 6.07 Å². The summed E-state index contributed by atoms with van der Waals surface area (Å²) in [6.07, 6.45) is 1.42. The number of aryl methyl sites for hydroxylation is 1. The van der Waals surface area contributed by atoms with E-state index in [1.54, 1.807) is 7.05 Å². The molecule has 0 aliphatic rings. The van der Waals surface area contributed by atoms with Gasteiger partial charge in [0.05, 0.1) is 11.6 Å². The Hall–Kier alpha value is -2.06. The summed E-state index contributed by atoms with van der Waals surface area (Å²) in [7, 11) is 1.69. The lowest BCUT2D eigenvalue weighted by atomic mass is 10.2. The smallest absolute Gasteiger partial charge is 0.408 e. The first-order valence-corrected chi connectivity index (χ1v) is 5.88. The maximum atomic E-state index is 11.3. The van der Waals surface area contributed by atoms with Crippen LogP contribution < -0.4 is 11.1 Å². The molecule has 1 aromatic heterocycles. The molecule has 0 saturated heterocycles. The third-order valence-corrected chi connectivity index (χ3v) is 2.83. The van der Waals surface area contributed by atoms with Crippen LogP contribution in [0.2, 0.25) is 0 Å². The molecule has 0 unspecified atom stereocenters. The van der Waals surface area contributed by atoms with Crippen LogP contribution in [0.1, 0.15) is 18.4 Å². The first-order chi connectivity index (χ1) is 8.72. The Bertz CT molecular complexity index is 634. The number of nitriles is 1. The standard InChI is InChI=1S/C13H15N3O2/c1-16-11-5-4-10(8-12(11)18-13(16)17)9-15-7-3-2-6-14/h4-5,8,15H,2-3,7,9H2,1H3. The van der Waals surface area contributed by atoms with Gasteiger partial charge in [-0.15, -0.1) is 0 Å². The zero-order valence-corrected chi connectivity index (χ0v) is 10.3. The highest BCUT2D eigenvalue weighted by molar-refractivity contribution is 5.73. The average Bonchev–Trinajstić information content (AvgIpc) is 2.65. The van der Waals surface area contributed by atoms with E-state index in [0.717, 1.165) is 24.0 Å². The van der Waals surface area contributed by atoms with Gasteiger partial charge < -0.3 is 9.73 Å². The molecule has 0 aliphatic carbocycles. The molecule has 0 saturated carbocycles. The van der Waals surface area contributed by atoms with Gasteiger partial charge in [0, 0.05) is 20.0 Å². The Morgan fingerprint density at radius 1 is 1.50 bits per heavy atom. The van der Waals surface area contributed by atoms with Gasteiger partial charge in [0.1, 0.15) is 0 Å². The van der Waals surface area contributed by atoms with E-state index in [9.17, 15) is 4.79 Å². The highest BCUT2D eigenvalue weighted by atomic mass is 16.4. The molecule has 1 N–H and O–H groups in total. The Morgan fingerprint density at radius 2 is 2.33 bits per heavy atom. The molecule has 5 nitrogen and oxygen atoms in total. The molecular formula is C13H15N3O2. The van der Waals surface area contributed by atoms with Gasteiger partial charge in [-0.25, -0.2) is 4.79 Å². The van der Waals surface area contributed by atoms with E-state index in [1.807, 2.05) is 18.2 Å². The van der Waals surface area contributed by atoms with Gasteiger partial charge in [-0.3, -0.25) is 4.57 Å².